The standard InChI is InChI=1S/C13H13FN2O/c1-9(10-3-2-6-15-8-10)16-11-4-5-13(17)12(14)7-11/h2-9,16-17H,1H3. The lowest BCUT2D eigenvalue weighted by molar-refractivity contribution is 0.432. The summed E-state index contributed by atoms with van der Waals surface area (Å²) in [5, 5.41) is 12.2. The average molecular weight is 232 g/mol. The Kier molecular flexibility index (Phi) is 3.23. The van der Waals surface area contributed by atoms with Gasteiger partial charge in [0.25, 0.3) is 0 Å². The molecule has 0 spiro atoms. The van der Waals surface area contributed by atoms with Gasteiger partial charge in [-0.3, -0.25) is 4.98 Å². The predicted molar refractivity (Wildman–Crippen MR) is 64.3 cm³/mol. The largest absolute Gasteiger partial charge is 0.505 e. The first-order chi connectivity index (χ1) is 8.16. The van der Waals surface area contributed by atoms with Gasteiger partial charge in [0.1, 0.15) is 0 Å². The number of phenolic OH excluding ortho intramolecular Hbond substituents is 1. The Hall–Kier alpha value is -2.10. The Morgan fingerprint density at radius 3 is 2.82 bits per heavy atom. The number of rotatable bonds is 3. The molecule has 0 radical (unpaired) electrons. The minimum absolute atomic E-state index is 0.0210. The monoisotopic (exact) mass is 232 g/mol. The summed E-state index contributed by atoms with van der Waals surface area (Å²) in [6, 6.07) is 8.04. The number of hydrogen-bond acceptors (Lipinski definition) is 3. The molecule has 88 valence electrons. The van der Waals surface area contributed by atoms with E-state index in [0.717, 1.165) is 5.56 Å². The third-order valence-corrected chi connectivity index (χ3v) is 2.52. The second-order valence-electron chi connectivity index (χ2n) is 3.82. The number of aromatic nitrogens is 1. The molecule has 4 heteroatoms. The van der Waals surface area contributed by atoms with Crippen LogP contribution in [-0.2, 0) is 0 Å². The van der Waals surface area contributed by atoms with Gasteiger partial charge in [-0.2, -0.15) is 0 Å². The third kappa shape index (κ3) is 2.72. The number of nitrogens with zero attached hydrogens (tertiary/aromatic N) is 1. The minimum Gasteiger partial charge on any atom is -0.505 e. The van der Waals surface area contributed by atoms with Crippen LogP contribution in [0.3, 0.4) is 0 Å². The van der Waals surface area contributed by atoms with Crippen LogP contribution in [0.1, 0.15) is 18.5 Å². The average Bonchev–Trinajstić information content (AvgIpc) is 2.35. The van der Waals surface area contributed by atoms with Gasteiger partial charge in [-0.15, -0.1) is 0 Å². The molecular weight excluding hydrogens is 219 g/mol. The summed E-state index contributed by atoms with van der Waals surface area (Å²) in [5.74, 6) is -0.974. The van der Waals surface area contributed by atoms with E-state index in [1.54, 1.807) is 18.5 Å². The van der Waals surface area contributed by atoms with Gasteiger partial charge in [-0.1, -0.05) is 6.07 Å². The molecule has 17 heavy (non-hydrogen) atoms. The molecule has 1 aromatic carbocycles. The first-order valence-corrected chi connectivity index (χ1v) is 5.32. The lowest BCUT2D eigenvalue weighted by Crippen LogP contribution is -2.06. The van der Waals surface area contributed by atoms with Crippen LogP contribution in [0.2, 0.25) is 0 Å². The molecule has 2 rings (SSSR count). The van der Waals surface area contributed by atoms with Crippen molar-refractivity contribution in [2.24, 2.45) is 0 Å². The second-order valence-corrected chi connectivity index (χ2v) is 3.82. The Morgan fingerprint density at radius 2 is 2.18 bits per heavy atom. The van der Waals surface area contributed by atoms with Crippen molar-refractivity contribution in [2.75, 3.05) is 5.32 Å². The molecule has 0 aliphatic rings. The zero-order valence-corrected chi connectivity index (χ0v) is 9.39. The van der Waals surface area contributed by atoms with Gasteiger partial charge in [0, 0.05) is 24.1 Å². The number of pyridine rings is 1. The molecule has 1 unspecified atom stereocenters. The van der Waals surface area contributed by atoms with E-state index in [4.69, 9.17) is 5.11 Å². The van der Waals surface area contributed by atoms with Crippen LogP contribution < -0.4 is 5.32 Å². The maximum absolute atomic E-state index is 13.1. The smallest absolute Gasteiger partial charge is 0.166 e. The summed E-state index contributed by atoms with van der Waals surface area (Å²) in [6.45, 7) is 1.96. The molecule has 0 saturated heterocycles. The van der Waals surface area contributed by atoms with Gasteiger partial charge in [0.2, 0.25) is 0 Å². The lowest BCUT2D eigenvalue weighted by atomic mass is 10.1. The van der Waals surface area contributed by atoms with Crippen LogP contribution >= 0.6 is 0 Å². The predicted octanol–water partition coefficient (Wildman–Crippen LogP) is 3.10. The highest BCUT2D eigenvalue weighted by Gasteiger charge is 2.07. The fraction of sp³-hybridized carbons (Fsp3) is 0.154. The Morgan fingerprint density at radius 1 is 1.35 bits per heavy atom. The van der Waals surface area contributed by atoms with Crippen LogP contribution in [-0.4, -0.2) is 10.1 Å². The molecule has 0 aliphatic carbocycles. The number of hydrogen-bond donors (Lipinski definition) is 2. The van der Waals surface area contributed by atoms with Crippen molar-refractivity contribution in [1.29, 1.82) is 0 Å². The quantitative estimate of drug-likeness (QED) is 0.799. The Labute approximate surface area is 98.9 Å². The molecule has 0 fully saturated rings. The van der Waals surface area contributed by atoms with E-state index < -0.39 is 5.82 Å². The SMILES string of the molecule is CC(Nc1ccc(O)c(F)c1)c1cccnc1. The molecular formula is C13H13FN2O. The number of benzene rings is 1. The van der Waals surface area contributed by atoms with Crippen molar-refractivity contribution in [3.05, 3.63) is 54.1 Å². The Bertz CT molecular complexity index is 502. The zero-order valence-electron chi connectivity index (χ0n) is 9.39. The molecule has 1 atom stereocenters. The van der Waals surface area contributed by atoms with Gasteiger partial charge in [0.15, 0.2) is 11.6 Å². The summed E-state index contributed by atoms with van der Waals surface area (Å²) >= 11 is 0. The third-order valence-electron chi connectivity index (χ3n) is 2.52. The first-order valence-electron chi connectivity index (χ1n) is 5.32. The van der Waals surface area contributed by atoms with Crippen LogP contribution in [0.15, 0.2) is 42.7 Å². The van der Waals surface area contributed by atoms with E-state index in [9.17, 15) is 4.39 Å². The molecule has 0 aliphatic heterocycles. The van der Waals surface area contributed by atoms with Crippen molar-refractivity contribution in [2.45, 2.75) is 13.0 Å². The highest BCUT2D eigenvalue weighted by Crippen LogP contribution is 2.23. The van der Waals surface area contributed by atoms with Crippen molar-refractivity contribution in [3.8, 4) is 5.75 Å². The highest BCUT2D eigenvalue weighted by molar-refractivity contribution is 5.48. The molecule has 2 aromatic rings. The van der Waals surface area contributed by atoms with Crippen LogP contribution in [0, 0.1) is 5.82 Å². The second kappa shape index (κ2) is 4.82. The topological polar surface area (TPSA) is 45.1 Å². The molecule has 0 amide bonds. The van der Waals surface area contributed by atoms with E-state index in [-0.39, 0.29) is 11.8 Å². The summed E-state index contributed by atoms with van der Waals surface area (Å²) in [6.07, 6.45) is 3.46. The summed E-state index contributed by atoms with van der Waals surface area (Å²) in [5.41, 5.74) is 1.64. The van der Waals surface area contributed by atoms with E-state index in [0.29, 0.717) is 5.69 Å². The van der Waals surface area contributed by atoms with Crippen molar-refractivity contribution in [1.82, 2.24) is 4.98 Å². The maximum atomic E-state index is 13.1. The summed E-state index contributed by atoms with van der Waals surface area (Å²) < 4.78 is 13.1. The van der Waals surface area contributed by atoms with Crippen molar-refractivity contribution >= 4 is 5.69 Å². The fourth-order valence-corrected chi connectivity index (χ4v) is 1.56. The lowest BCUT2D eigenvalue weighted by Gasteiger charge is -2.15. The molecule has 2 N–H and O–H groups in total. The van der Waals surface area contributed by atoms with Gasteiger partial charge in [-0.25, -0.2) is 4.39 Å². The van der Waals surface area contributed by atoms with Crippen LogP contribution in [0.4, 0.5) is 10.1 Å². The van der Waals surface area contributed by atoms with E-state index in [1.807, 2.05) is 19.1 Å². The molecule has 3 nitrogen and oxygen atoms in total. The number of halogens is 1. The van der Waals surface area contributed by atoms with Gasteiger partial charge in [0.05, 0.1) is 6.04 Å². The number of aromatic hydroxyl groups is 1. The van der Waals surface area contributed by atoms with Crippen molar-refractivity contribution < 1.29 is 9.50 Å². The van der Waals surface area contributed by atoms with E-state index in [1.165, 1.54) is 12.1 Å². The number of phenols is 1. The van der Waals surface area contributed by atoms with Crippen LogP contribution in [0.5, 0.6) is 5.75 Å². The number of nitrogens with one attached hydrogen (secondary N) is 1. The Balaban J connectivity index is 2.13. The van der Waals surface area contributed by atoms with Gasteiger partial charge < -0.3 is 10.4 Å². The van der Waals surface area contributed by atoms with E-state index >= 15 is 0 Å². The van der Waals surface area contributed by atoms with Crippen LogP contribution in [0.25, 0.3) is 0 Å². The normalized spacial score (nSPS) is 12.1. The summed E-state index contributed by atoms with van der Waals surface area (Å²) in [4.78, 5) is 4.02. The van der Waals surface area contributed by atoms with Gasteiger partial charge in [-0.05, 0) is 30.7 Å². The first kappa shape index (κ1) is 11.4. The highest BCUT2D eigenvalue weighted by atomic mass is 19.1. The fourth-order valence-electron chi connectivity index (χ4n) is 1.56. The zero-order chi connectivity index (χ0) is 12.3. The van der Waals surface area contributed by atoms with E-state index in [2.05, 4.69) is 10.3 Å². The molecule has 1 aromatic heterocycles. The summed E-state index contributed by atoms with van der Waals surface area (Å²) in [7, 11) is 0. The minimum atomic E-state index is -0.631. The van der Waals surface area contributed by atoms with Crippen molar-refractivity contribution in [3.63, 3.8) is 0 Å². The molecule has 1 heterocycles. The van der Waals surface area contributed by atoms with Gasteiger partial charge >= 0.3 is 0 Å². The number of anilines is 1. The molecule has 0 saturated carbocycles. The maximum Gasteiger partial charge on any atom is 0.166 e. The molecule has 0 bridgehead atoms.